The first-order valence-electron chi connectivity index (χ1n) is 8.89. The molecule has 0 radical (unpaired) electrons. The summed E-state index contributed by atoms with van der Waals surface area (Å²) in [6, 6.07) is 3.17. The zero-order chi connectivity index (χ0) is 21.2. The molecule has 2 rings (SSSR count). The highest BCUT2D eigenvalue weighted by Crippen LogP contribution is 2.35. The molecule has 3 N–H and O–H groups in total. The summed E-state index contributed by atoms with van der Waals surface area (Å²) in [7, 11) is 3.02. The van der Waals surface area contributed by atoms with Gasteiger partial charge < -0.3 is 29.7 Å². The Bertz CT molecular complexity index is 731. The van der Waals surface area contributed by atoms with Crippen molar-refractivity contribution in [3.8, 4) is 11.5 Å². The minimum atomic E-state index is -1.28. The molecule has 1 heterocycles. The van der Waals surface area contributed by atoms with E-state index in [9.17, 15) is 24.9 Å². The van der Waals surface area contributed by atoms with Crippen molar-refractivity contribution < 1.29 is 34.4 Å². The van der Waals surface area contributed by atoms with Crippen LogP contribution in [0.4, 0.5) is 4.79 Å². The number of methoxy groups -OCH3 is 2. The molecule has 0 aromatic heterocycles. The standard InChI is InChI=1S/C19H28N2O7/c1-19(2,3)21(18(25)26)16-15(13(23)10-22)20(17(16)24)9-11-6-7-12(27-4)8-14(11)28-5/h6-8,13,15-16,22-23H,9-10H2,1-5H3,(H,25,26)/t13-,15+,16-/m0/s1. The van der Waals surface area contributed by atoms with Crippen LogP contribution in [0.15, 0.2) is 18.2 Å². The molecule has 3 atom stereocenters. The monoisotopic (exact) mass is 396 g/mol. The Labute approximate surface area is 164 Å². The number of ether oxygens (including phenoxy) is 2. The summed E-state index contributed by atoms with van der Waals surface area (Å²) in [5.41, 5.74) is -0.188. The normalized spacial score (nSPS) is 20.4. The Morgan fingerprint density at radius 2 is 1.93 bits per heavy atom. The van der Waals surface area contributed by atoms with E-state index in [-0.39, 0.29) is 6.54 Å². The van der Waals surface area contributed by atoms with E-state index in [4.69, 9.17) is 9.47 Å². The maximum Gasteiger partial charge on any atom is 0.408 e. The Balaban J connectivity index is 2.36. The molecule has 156 valence electrons. The molecule has 0 spiro atoms. The van der Waals surface area contributed by atoms with Gasteiger partial charge in [-0.1, -0.05) is 0 Å². The number of hydrogen-bond acceptors (Lipinski definition) is 6. The second-order valence-corrected chi connectivity index (χ2v) is 7.65. The molecule has 1 aliphatic rings. The van der Waals surface area contributed by atoms with Gasteiger partial charge in [0.1, 0.15) is 17.5 Å². The molecular formula is C19H28N2O7. The molecule has 9 nitrogen and oxygen atoms in total. The van der Waals surface area contributed by atoms with Crippen LogP contribution in [0.5, 0.6) is 11.5 Å². The maximum absolute atomic E-state index is 12.9. The van der Waals surface area contributed by atoms with Crippen LogP contribution in [0.3, 0.4) is 0 Å². The van der Waals surface area contributed by atoms with Crippen LogP contribution in [0.25, 0.3) is 0 Å². The highest BCUT2D eigenvalue weighted by Gasteiger charge is 2.57. The third kappa shape index (κ3) is 4.00. The summed E-state index contributed by atoms with van der Waals surface area (Å²) >= 11 is 0. The lowest BCUT2D eigenvalue weighted by atomic mass is 9.85. The predicted molar refractivity (Wildman–Crippen MR) is 100 cm³/mol. The highest BCUT2D eigenvalue weighted by molar-refractivity contribution is 5.92. The molecule has 1 saturated heterocycles. The minimum absolute atomic E-state index is 0.0990. The van der Waals surface area contributed by atoms with E-state index in [2.05, 4.69) is 0 Å². The number of carbonyl (C=O) groups is 2. The number of nitrogens with zero attached hydrogens (tertiary/aromatic N) is 2. The maximum atomic E-state index is 12.9. The van der Waals surface area contributed by atoms with Crippen molar-refractivity contribution in [2.45, 2.75) is 51.0 Å². The van der Waals surface area contributed by atoms with Crippen molar-refractivity contribution in [3.63, 3.8) is 0 Å². The lowest BCUT2D eigenvalue weighted by molar-refractivity contribution is -0.174. The summed E-state index contributed by atoms with van der Waals surface area (Å²) in [5.74, 6) is 0.650. The van der Waals surface area contributed by atoms with Crippen LogP contribution >= 0.6 is 0 Å². The fourth-order valence-corrected chi connectivity index (χ4v) is 3.51. The first kappa shape index (κ1) is 21.8. The van der Waals surface area contributed by atoms with Gasteiger partial charge in [0.25, 0.3) is 0 Å². The Kier molecular flexibility index (Phi) is 6.41. The third-order valence-corrected chi connectivity index (χ3v) is 4.84. The zero-order valence-electron chi connectivity index (χ0n) is 16.7. The van der Waals surface area contributed by atoms with Gasteiger partial charge in [0, 0.05) is 23.7 Å². The molecule has 1 fully saturated rings. The van der Waals surface area contributed by atoms with Crippen molar-refractivity contribution in [1.82, 2.24) is 9.80 Å². The summed E-state index contributed by atoms with van der Waals surface area (Å²) in [6.45, 7) is 4.52. The van der Waals surface area contributed by atoms with Gasteiger partial charge in [0.2, 0.25) is 5.91 Å². The summed E-state index contributed by atoms with van der Waals surface area (Å²) in [6.07, 6.45) is -2.54. The van der Waals surface area contributed by atoms with Crippen molar-refractivity contribution in [3.05, 3.63) is 23.8 Å². The summed E-state index contributed by atoms with van der Waals surface area (Å²) in [4.78, 5) is 27.1. The number of likely N-dealkylation sites (tertiary alicyclic amines) is 1. The van der Waals surface area contributed by atoms with E-state index in [1.807, 2.05) is 0 Å². The molecule has 9 heteroatoms. The second kappa shape index (κ2) is 8.24. The average Bonchev–Trinajstić information content (AvgIpc) is 2.64. The molecule has 1 aliphatic heterocycles. The number of benzene rings is 1. The topological polar surface area (TPSA) is 120 Å². The van der Waals surface area contributed by atoms with E-state index >= 15 is 0 Å². The number of hydrogen-bond donors (Lipinski definition) is 3. The first-order valence-corrected chi connectivity index (χ1v) is 8.89. The van der Waals surface area contributed by atoms with Gasteiger partial charge in [-0.3, -0.25) is 9.69 Å². The lowest BCUT2D eigenvalue weighted by Gasteiger charge is -2.54. The van der Waals surface area contributed by atoms with E-state index < -0.39 is 42.3 Å². The number of rotatable bonds is 7. The Hall–Kier alpha value is -2.52. The van der Waals surface area contributed by atoms with Crippen molar-refractivity contribution in [2.75, 3.05) is 20.8 Å². The van der Waals surface area contributed by atoms with Gasteiger partial charge in [0.15, 0.2) is 0 Å². The van der Waals surface area contributed by atoms with Crippen LogP contribution in [0.1, 0.15) is 26.3 Å². The van der Waals surface area contributed by atoms with E-state index in [0.29, 0.717) is 17.1 Å². The molecule has 0 bridgehead atoms. The van der Waals surface area contributed by atoms with Crippen LogP contribution < -0.4 is 9.47 Å². The number of aliphatic hydroxyl groups excluding tert-OH is 2. The number of carboxylic acid groups (broad SMARTS) is 1. The summed E-state index contributed by atoms with van der Waals surface area (Å²) in [5, 5.41) is 29.4. The lowest BCUT2D eigenvalue weighted by Crippen LogP contribution is -2.76. The van der Waals surface area contributed by atoms with Gasteiger partial charge in [-0.2, -0.15) is 0 Å². The smallest absolute Gasteiger partial charge is 0.408 e. The fourth-order valence-electron chi connectivity index (χ4n) is 3.51. The van der Waals surface area contributed by atoms with Crippen molar-refractivity contribution in [1.29, 1.82) is 0 Å². The quantitative estimate of drug-likeness (QED) is 0.586. The van der Waals surface area contributed by atoms with E-state index in [1.165, 1.54) is 19.1 Å². The summed E-state index contributed by atoms with van der Waals surface area (Å²) < 4.78 is 10.5. The van der Waals surface area contributed by atoms with Crippen LogP contribution in [-0.4, -0.2) is 81.7 Å². The first-order chi connectivity index (χ1) is 13.1. The molecule has 0 aliphatic carbocycles. The molecule has 2 amide bonds. The third-order valence-electron chi connectivity index (χ3n) is 4.84. The Morgan fingerprint density at radius 1 is 1.29 bits per heavy atom. The second-order valence-electron chi connectivity index (χ2n) is 7.65. The highest BCUT2D eigenvalue weighted by atomic mass is 16.5. The van der Waals surface area contributed by atoms with Crippen molar-refractivity contribution in [2.24, 2.45) is 0 Å². The molecule has 1 aromatic carbocycles. The molecule has 0 unspecified atom stereocenters. The van der Waals surface area contributed by atoms with Gasteiger partial charge in [-0.15, -0.1) is 0 Å². The largest absolute Gasteiger partial charge is 0.497 e. The number of aliphatic hydroxyl groups is 2. The molecular weight excluding hydrogens is 368 g/mol. The minimum Gasteiger partial charge on any atom is -0.497 e. The predicted octanol–water partition coefficient (Wildman–Crippen LogP) is 0.915. The van der Waals surface area contributed by atoms with Crippen LogP contribution in [-0.2, 0) is 11.3 Å². The number of carbonyl (C=O) groups excluding carboxylic acids is 1. The van der Waals surface area contributed by atoms with Crippen LogP contribution in [0, 0.1) is 0 Å². The average molecular weight is 396 g/mol. The SMILES string of the molecule is COc1ccc(CN2C(=O)[C@@H](N(C(=O)O)C(C)(C)C)[C@H]2[C@@H](O)CO)c(OC)c1. The van der Waals surface area contributed by atoms with Gasteiger partial charge in [-0.25, -0.2) is 4.79 Å². The molecule has 1 aromatic rings. The van der Waals surface area contributed by atoms with Gasteiger partial charge >= 0.3 is 6.09 Å². The van der Waals surface area contributed by atoms with E-state index in [0.717, 1.165) is 4.90 Å². The fraction of sp³-hybridized carbons (Fsp3) is 0.579. The zero-order valence-corrected chi connectivity index (χ0v) is 16.7. The van der Waals surface area contributed by atoms with Crippen molar-refractivity contribution >= 4 is 12.0 Å². The molecule has 28 heavy (non-hydrogen) atoms. The number of amides is 2. The Morgan fingerprint density at radius 3 is 2.39 bits per heavy atom. The molecule has 0 saturated carbocycles. The number of β-lactam (4-membered cyclic amide) rings is 1. The van der Waals surface area contributed by atoms with Gasteiger partial charge in [0.05, 0.1) is 33.0 Å². The van der Waals surface area contributed by atoms with E-state index in [1.54, 1.807) is 39.0 Å². The van der Waals surface area contributed by atoms with Gasteiger partial charge in [-0.05, 0) is 32.9 Å². The van der Waals surface area contributed by atoms with Crippen LogP contribution in [0.2, 0.25) is 0 Å².